The van der Waals surface area contributed by atoms with Crippen LogP contribution < -0.4 is 9.64 Å². The van der Waals surface area contributed by atoms with E-state index < -0.39 is 0 Å². The smallest absolute Gasteiger partial charge is 0.260 e. The Morgan fingerprint density at radius 3 is 2.68 bits per heavy atom. The molecule has 10 heteroatoms. The normalized spacial score (nSPS) is 14.5. The minimum atomic E-state index is -0.0296. The van der Waals surface area contributed by atoms with Crippen LogP contribution in [0.4, 0.5) is 5.95 Å². The zero-order chi connectivity index (χ0) is 19.5. The molecule has 1 aliphatic rings. The Bertz CT molecular complexity index is 974. The van der Waals surface area contributed by atoms with Crippen LogP contribution in [0.5, 0.6) is 5.75 Å². The SMILES string of the molecule is CSc1nc2cnc(N3CCN(C(=O)COc4ccc(Cl)cc4)CC3)nc2s1. The van der Waals surface area contributed by atoms with Gasteiger partial charge >= 0.3 is 0 Å². The second-order valence-electron chi connectivity index (χ2n) is 6.15. The van der Waals surface area contributed by atoms with Crippen molar-refractivity contribution in [3.8, 4) is 5.75 Å². The summed E-state index contributed by atoms with van der Waals surface area (Å²) in [6.45, 7) is 2.62. The molecule has 0 aliphatic carbocycles. The number of fused-ring (bicyclic) bond motifs is 1. The van der Waals surface area contributed by atoms with Gasteiger partial charge in [0.2, 0.25) is 5.95 Å². The Morgan fingerprint density at radius 2 is 1.96 bits per heavy atom. The molecule has 1 aliphatic heterocycles. The van der Waals surface area contributed by atoms with E-state index in [0.717, 1.165) is 14.7 Å². The molecule has 3 heterocycles. The summed E-state index contributed by atoms with van der Waals surface area (Å²) in [4.78, 5) is 30.8. The number of thioether (sulfide) groups is 1. The van der Waals surface area contributed by atoms with Crippen molar-refractivity contribution in [1.29, 1.82) is 0 Å². The van der Waals surface area contributed by atoms with Gasteiger partial charge in [0.15, 0.2) is 10.9 Å². The van der Waals surface area contributed by atoms with Crippen molar-refractivity contribution in [3.63, 3.8) is 0 Å². The van der Waals surface area contributed by atoms with Crippen LogP contribution in [0.2, 0.25) is 5.02 Å². The maximum atomic E-state index is 12.4. The third-order valence-corrected chi connectivity index (χ3v) is 6.59. The fraction of sp³-hybridized carbons (Fsp3) is 0.333. The number of carbonyl (C=O) groups excluding carboxylic acids is 1. The Hall–Kier alpha value is -2.10. The van der Waals surface area contributed by atoms with E-state index in [1.54, 1.807) is 53.6 Å². The monoisotopic (exact) mass is 435 g/mol. The number of ether oxygens (including phenoxy) is 1. The minimum Gasteiger partial charge on any atom is -0.484 e. The van der Waals surface area contributed by atoms with Gasteiger partial charge in [-0.3, -0.25) is 4.79 Å². The van der Waals surface area contributed by atoms with Gasteiger partial charge < -0.3 is 14.5 Å². The van der Waals surface area contributed by atoms with Gasteiger partial charge in [0.05, 0.1) is 6.20 Å². The number of thiazole rings is 1. The fourth-order valence-electron chi connectivity index (χ4n) is 2.87. The topological polar surface area (TPSA) is 71.5 Å². The average molecular weight is 436 g/mol. The van der Waals surface area contributed by atoms with Gasteiger partial charge in [-0.15, -0.1) is 0 Å². The summed E-state index contributed by atoms with van der Waals surface area (Å²) in [6.07, 6.45) is 3.77. The highest BCUT2D eigenvalue weighted by atomic mass is 35.5. The number of hydrogen-bond donors (Lipinski definition) is 0. The van der Waals surface area contributed by atoms with Crippen molar-refractivity contribution in [3.05, 3.63) is 35.5 Å². The molecule has 0 N–H and O–H groups in total. The van der Waals surface area contributed by atoms with Crippen LogP contribution in [-0.4, -0.2) is 64.8 Å². The molecular formula is C18H18ClN5O2S2. The second-order valence-corrected chi connectivity index (χ2v) is 8.62. The number of halogens is 1. The van der Waals surface area contributed by atoms with E-state index in [1.165, 1.54) is 0 Å². The van der Waals surface area contributed by atoms with Gasteiger partial charge in [0.25, 0.3) is 5.91 Å². The lowest BCUT2D eigenvalue weighted by Crippen LogP contribution is -2.50. The first-order valence-electron chi connectivity index (χ1n) is 8.71. The van der Waals surface area contributed by atoms with Crippen molar-refractivity contribution < 1.29 is 9.53 Å². The molecule has 0 bridgehead atoms. The van der Waals surface area contributed by atoms with Crippen molar-refractivity contribution >= 4 is 56.9 Å². The average Bonchev–Trinajstić information content (AvgIpc) is 3.16. The molecule has 4 rings (SSSR count). The molecule has 1 fully saturated rings. The molecule has 0 atom stereocenters. The second kappa shape index (κ2) is 8.50. The molecule has 0 unspecified atom stereocenters. The zero-order valence-electron chi connectivity index (χ0n) is 15.2. The van der Waals surface area contributed by atoms with E-state index in [2.05, 4.69) is 19.9 Å². The van der Waals surface area contributed by atoms with Crippen LogP contribution in [0, 0.1) is 0 Å². The number of nitrogens with zero attached hydrogens (tertiary/aromatic N) is 5. The van der Waals surface area contributed by atoms with E-state index in [9.17, 15) is 4.79 Å². The molecule has 7 nitrogen and oxygen atoms in total. The van der Waals surface area contributed by atoms with E-state index in [0.29, 0.717) is 42.9 Å². The number of anilines is 1. The summed E-state index contributed by atoms with van der Waals surface area (Å²) in [5.41, 5.74) is 0.825. The van der Waals surface area contributed by atoms with E-state index in [4.69, 9.17) is 16.3 Å². The highest BCUT2D eigenvalue weighted by molar-refractivity contribution is 8.00. The van der Waals surface area contributed by atoms with Gasteiger partial charge in [0.1, 0.15) is 16.1 Å². The first-order valence-corrected chi connectivity index (χ1v) is 11.1. The summed E-state index contributed by atoms with van der Waals surface area (Å²) in [5.74, 6) is 1.29. The van der Waals surface area contributed by atoms with Crippen LogP contribution in [0.1, 0.15) is 0 Å². The number of rotatable bonds is 5. The third-order valence-electron chi connectivity index (χ3n) is 4.38. The predicted octanol–water partition coefficient (Wildman–Crippen LogP) is 3.19. The van der Waals surface area contributed by atoms with Crippen molar-refractivity contribution in [2.75, 3.05) is 43.9 Å². The van der Waals surface area contributed by atoms with Gasteiger partial charge in [-0.1, -0.05) is 34.7 Å². The summed E-state index contributed by atoms with van der Waals surface area (Å²) in [6, 6.07) is 6.98. The number of aromatic nitrogens is 3. The molecular weight excluding hydrogens is 418 g/mol. The number of amides is 1. The number of carbonyl (C=O) groups is 1. The summed E-state index contributed by atoms with van der Waals surface area (Å²) >= 11 is 9.03. The maximum absolute atomic E-state index is 12.4. The Balaban J connectivity index is 1.32. The van der Waals surface area contributed by atoms with Crippen LogP contribution in [-0.2, 0) is 4.79 Å². The molecule has 3 aromatic rings. The molecule has 0 spiro atoms. The van der Waals surface area contributed by atoms with Crippen LogP contribution in [0.3, 0.4) is 0 Å². The Labute approximate surface area is 175 Å². The number of benzene rings is 1. The zero-order valence-corrected chi connectivity index (χ0v) is 17.6. The number of piperazine rings is 1. The lowest BCUT2D eigenvalue weighted by molar-refractivity contribution is -0.133. The molecule has 28 heavy (non-hydrogen) atoms. The van der Waals surface area contributed by atoms with Crippen LogP contribution >= 0.6 is 34.7 Å². The van der Waals surface area contributed by atoms with E-state index >= 15 is 0 Å². The molecule has 0 saturated carbocycles. The predicted molar refractivity (Wildman–Crippen MR) is 113 cm³/mol. The maximum Gasteiger partial charge on any atom is 0.260 e. The van der Waals surface area contributed by atoms with Gasteiger partial charge in [-0.2, -0.15) is 0 Å². The number of hydrogen-bond acceptors (Lipinski definition) is 8. The molecule has 2 aromatic heterocycles. The molecule has 146 valence electrons. The molecule has 1 aromatic carbocycles. The summed E-state index contributed by atoms with van der Waals surface area (Å²) in [7, 11) is 0. The highest BCUT2D eigenvalue weighted by Crippen LogP contribution is 2.27. The fourth-order valence-corrected chi connectivity index (χ4v) is 4.39. The molecule has 1 saturated heterocycles. The van der Waals surface area contributed by atoms with Gasteiger partial charge in [-0.05, 0) is 30.5 Å². The highest BCUT2D eigenvalue weighted by Gasteiger charge is 2.23. The largest absolute Gasteiger partial charge is 0.484 e. The van der Waals surface area contributed by atoms with Crippen molar-refractivity contribution in [2.45, 2.75) is 4.34 Å². The van der Waals surface area contributed by atoms with Crippen LogP contribution in [0.25, 0.3) is 10.3 Å². The van der Waals surface area contributed by atoms with Crippen molar-refractivity contribution in [1.82, 2.24) is 19.9 Å². The molecule has 1 amide bonds. The van der Waals surface area contributed by atoms with Gasteiger partial charge in [-0.25, -0.2) is 15.0 Å². The first-order chi connectivity index (χ1) is 13.6. The lowest BCUT2D eigenvalue weighted by atomic mass is 10.3. The summed E-state index contributed by atoms with van der Waals surface area (Å²) in [5, 5.41) is 0.637. The summed E-state index contributed by atoms with van der Waals surface area (Å²) < 4.78 is 6.54. The Kier molecular flexibility index (Phi) is 5.84. The van der Waals surface area contributed by atoms with E-state index in [1.807, 2.05) is 11.2 Å². The Morgan fingerprint density at radius 1 is 1.21 bits per heavy atom. The van der Waals surface area contributed by atoms with Gasteiger partial charge in [0, 0.05) is 31.2 Å². The lowest BCUT2D eigenvalue weighted by Gasteiger charge is -2.34. The minimum absolute atomic E-state index is 0.0163. The van der Waals surface area contributed by atoms with E-state index in [-0.39, 0.29) is 12.5 Å². The van der Waals surface area contributed by atoms with Crippen molar-refractivity contribution in [2.24, 2.45) is 0 Å². The standard InChI is InChI=1S/C18H18ClN5O2S2/c1-27-18-21-14-10-20-17(22-16(14)28-18)24-8-6-23(7-9-24)15(25)11-26-13-4-2-12(19)3-5-13/h2-5,10H,6-9,11H2,1H3. The molecule has 0 radical (unpaired) electrons. The quantitative estimate of drug-likeness (QED) is 0.570. The third kappa shape index (κ3) is 4.31. The first kappa shape index (κ1) is 19.2. The van der Waals surface area contributed by atoms with Crippen LogP contribution in [0.15, 0.2) is 34.8 Å².